The molecule has 0 spiro atoms. The third kappa shape index (κ3) is 4.29. The lowest BCUT2D eigenvalue weighted by Crippen LogP contribution is -2.04. The summed E-state index contributed by atoms with van der Waals surface area (Å²) in [5, 5.41) is 15.1. The van der Waals surface area contributed by atoms with Crippen LogP contribution in [0, 0.1) is 5.82 Å². The minimum Gasteiger partial charge on any atom is -0.478 e. The molecule has 7 heteroatoms. The molecule has 0 fully saturated rings. The van der Waals surface area contributed by atoms with Crippen molar-refractivity contribution in [2.75, 3.05) is 10.6 Å². The van der Waals surface area contributed by atoms with Gasteiger partial charge in [-0.3, -0.25) is 0 Å². The average Bonchev–Trinajstić information content (AvgIpc) is 2.61. The number of carbonyl (C=O) groups is 1. The van der Waals surface area contributed by atoms with Gasteiger partial charge in [-0.2, -0.15) is 0 Å². The van der Waals surface area contributed by atoms with Crippen LogP contribution in [0.4, 0.5) is 21.7 Å². The van der Waals surface area contributed by atoms with E-state index in [1.807, 2.05) is 0 Å². The number of benzene rings is 2. The highest BCUT2D eigenvalue weighted by atomic mass is 19.1. The summed E-state index contributed by atoms with van der Waals surface area (Å²) in [5.41, 5.74) is 1.31. The monoisotopic (exact) mass is 338 g/mol. The fourth-order valence-corrected chi connectivity index (χ4v) is 2.23. The molecule has 0 aliphatic rings. The van der Waals surface area contributed by atoms with Crippen molar-refractivity contribution in [1.82, 2.24) is 9.97 Å². The molecule has 0 saturated heterocycles. The van der Waals surface area contributed by atoms with Crippen LogP contribution in [-0.4, -0.2) is 21.0 Å². The standard InChI is InChI=1S/C18H15FN4O2/c19-15-7-2-1-4-13(15)10-20-16-9-17(22-11-21-16)23-14-6-3-5-12(8-14)18(24)25/h1-9,11H,10H2,(H,24,25)(H2,20,21,22,23). The van der Waals surface area contributed by atoms with Gasteiger partial charge in [-0.1, -0.05) is 24.3 Å². The summed E-state index contributed by atoms with van der Waals surface area (Å²) in [4.78, 5) is 19.2. The molecular weight excluding hydrogens is 323 g/mol. The fraction of sp³-hybridized carbons (Fsp3) is 0.0556. The number of hydrogen-bond donors (Lipinski definition) is 3. The van der Waals surface area contributed by atoms with Crippen LogP contribution in [0.5, 0.6) is 0 Å². The zero-order valence-corrected chi connectivity index (χ0v) is 13.1. The molecule has 0 aliphatic heterocycles. The minimum absolute atomic E-state index is 0.178. The Kier molecular flexibility index (Phi) is 4.84. The number of aromatic nitrogens is 2. The van der Waals surface area contributed by atoms with Gasteiger partial charge in [-0.15, -0.1) is 0 Å². The molecule has 0 radical (unpaired) electrons. The van der Waals surface area contributed by atoms with E-state index in [1.165, 1.54) is 24.5 Å². The Hall–Kier alpha value is -3.48. The fourth-order valence-electron chi connectivity index (χ4n) is 2.23. The van der Waals surface area contributed by atoms with Crippen molar-refractivity contribution in [2.45, 2.75) is 6.54 Å². The highest BCUT2D eigenvalue weighted by Gasteiger charge is 2.05. The van der Waals surface area contributed by atoms with Crippen molar-refractivity contribution in [3.63, 3.8) is 0 Å². The smallest absolute Gasteiger partial charge is 0.335 e. The second kappa shape index (κ2) is 7.39. The number of hydrogen-bond acceptors (Lipinski definition) is 5. The van der Waals surface area contributed by atoms with Crippen molar-refractivity contribution in [2.24, 2.45) is 0 Å². The van der Waals surface area contributed by atoms with Crippen LogP contribution >= 0.6 is 0 Å². The van der Waals surface area contributed by atoms with E-state index in [0.29, 0.717) is 22.9 Å². The van der Waals surface area contributed by atoms with Crippen molar-refractivity contribution in [1.29, 1.82) is 0 Å². The molecule has 1 heterocycles. The topological polar surface area (TPSA) is 87.1 Å². The van der Waals surface area contributed by atoms with E-state index in [0.717, 1.165) is 0 Å². The van der Waals surface area contributed by atoms with Crippen molar-refractivity contribution in [3.05, 3.63) is 77.9 Å². The molecular formula is C18H15FN4O2. The second-order valence-electron chi connectivity index (χ2n) is 5.24. The number of carboxylic acid groups (broad SMARTS) is 1. The second-order valence-corrected chi connectivity index (χ2v) is 5.24. The lowest BCUT2D eigenvalue weighted by molar-refractivity contribution is 0.0697. The maximum absolute atomic E-state index is 13.6. The number of aromatic carboxylic acids is 1. The van der Waals surface area contributed by atoms with E-state index in [2.05, 4.69) is 20.6 Å². The molecule has 0 atom stereocenters. The van der Waals surface area contributed by atoms with Crippen molar-refractivity contribution < 1.29 is 14.3 Å². The van der Waals surface area contributed by atoms with E-state index >= 15 is 0 Å². The maximum atomic E-state index is 13.6. The molecule has 3 rings (SSSR count). The third-order valence-corrected chi connectivity index (χ3v) is 3.47. The first kappa shape index (κ1) is 16.4. The minimum atomic E-state index is -1.00. The Morgan fingerprint density at radius 2 is 1.84 bits per heavy atom. The predicted molar refractivity (Wildman–Crippen MR) is 92.4 cm³/mol. The Balaban J connectivity index is 1.70. The number of nitrogens with one attached hydrogen (secondary N) is 2. The molecule has 126 valence electrons. The summed E-state index contributed by atoms with van der Waals surface area (Å²) in [6.45, 7) is 0.289. The zero-order valence-electron chi connectivity index (χ0n) is 13.1. The van der Waals surface area contributed by atoms with Crippen LogP contribution < -0.4 is 10.6 Å². The predicted octanol–water partition coefficient (Wildman–Crippen LogP) is 3.67. The lowest BCUT2D eigenvalue weighted by atomic mass is 10.2. The lowest BCUT2D eigenvalue weighted by Gasteiger charge is -2.09. The van der Waals surface area contributed by atoms with E-state index < -0.39 is 5.97 Å². The van der Waals surface area contributed by atoms with Gasteiger partial charge in [-0.05, 0) is 24.3 Å². The zero-order chi connectivity index (χ0) is 17.6. The molecule has 0 unspecified atom stereocenters. The van der Waals surface area contributed by atoms with Gasteiger partial charge >= 0.3 is 5.97 Å². The average molecular weight is 338 g/mol. The molecule has 0 bridgehead atoms. The first-order valence-corrected chi connectivity index (χ1v) is 7.51. The Morgan fingerprint density at radius 1 is 1.04 bits per heavy atom. The molecule has 25 heavy (non-hydrogen) atoms. The number of nitrogens with zero attached hydrogens (tertiary/aromatic N) is 2. The van der Waals surface area contributed by atoms with Gasteiger partial charge in [0.1, 0.15) is 23.8 Å². The molecule has 0 amide bonds. The Bertz CT molecular complexity index is 902. The molecule has 1 aromatic heterocycles. The summed E-state index contributed by atoms with van der Waals surface area (Å²) >= 11 is 0. The van der Waals surface area contributed by atoms with E-state index in [4.69, 9.17) is 5.11 Å². The summed E-state index contributed by atoms with van der Waals surface area (Å²) in [6.07, 6.45) is 1.37. The van der Waals surface area contributed by atoms with E-state index in [-0.39, 0.29) is 17.9 Å². The van der Waals surface area contributed by atoms with Crippen LogP contribution in [0.1, 0.15) is 15.9 Å². The molecule has 2 aromatic carbocycles. The number of halogens is 1. The molecule has 0 aliphatic carbocycles. The SMILES string of the molecule is O=C(O)c1cccc(Nc2cc(NCc3ccccc3F)ncn2)c1. The first-order chi connectivity index (χ1) is 12.1. The molecule has 0 saturated carbocycles. The first-order valence-electron chi connectivity index (χ1n) is 7.51. The van der Waals surface area contributed by atoms with E-state index in [9.17, 15) is 9.18 Å². The third-order valence-electron chi connectivity index (χ3n) is 3.47. The summed E-state index contributed by atoms with van der Waals surface area (Å²) in [6, 6.07) is 14.6. The largest absolute Gasteiger partial charge is 0.478 e. The quantitative estimate of drug-likeness (QED) is 0.636. The van der Waals surface area contributed by atoms with Crippen molar-refractivity contribution >= 4 is 23.3 Å². The summed E-state index contributed by atoms with van der Waals surface area (Å²) in [5.74, 6) is -0.268. The Labute approximate surface area is 143 Å². The highest BCUT2D eigenvalue weighted by Crippen LogP contribution is 2.18. The number of anilines is 3. The van der Waals surface area contributed by atoms with Gasteiger partial charge < -0.3 is 15.7 Å². The van der Waals surface area contributed by atoms with Crippen LogP contribution in [0.15, 0.2) is 60.9 Å². The summed E-state index contributed by atoms with van der Waals surface area (Å²) < 4.78 is 13.6. The van der Waals surface area contributed by atoms with Crippen molar-refractivity contribution in [3.8, 4) is 0 Å². The van der Waals surface area contributed by atoms with Gasteiger partial charge in [0.25, 0.3) is 0 Å². The summed E-state index contributed by atoms with van der Waals surface area (Å²) in [7, 11) is 0. The maximum Gasteiger partial charge on any atom is 0.335 e. The Morgan fingerprint density at radius 3 is 2.64 bits per heavy atom. The van der Waals surface area contributed by atoms with Crippen LogP contribution in [0.25, 0.3) is 0 Å². The molecule has 6 nitrogen and oxygen atoms in total. The van der Waals surface area contributed by atoms with Gasteiger partial charge in [0, 0.05) is 23.9 Å². The van der Waals surface area contributed by atoms with Gasteiger partial charge in [0.05, 0.1) is 5.56 Å². The van der Waals surface area contributed by atoms with Crippen LogP contribution in [-0.2, 0) is 6.54 Å². The molecule has 3 N–H and O–H groups in total. The number of rotatable bonds is 6. The van der Waals surface area contributed by atoms with Gasteiger partial charge in [0.15, 0.2) is 0 Å². The van der Waals surface area contributed by atoms with Gasteiger partial charge in [0.2, 0.25) is 0 Å². The van der Waals surface area contributed by atoms with E-state index in [1.54, 1.807) is 36.4 Å². The van der Waals surface area contributed by atoms with Crippen LogP contribution in [0.2, 0.25) is 0 Å². The molecule has 3 aromatic rings. The van der Waals surface area contributed by atoms with Crippen LogP contribution in [0.3, 0.4) is 0 Å². The van der Waals surface area contributed by atoms with Gasteiger partial charge in [-0.25, -0.2) is 19.2 Å². The normalized spacial score (nSPS) is 10.3. The highest BCUT2D eigenvalue weighted by molar-refractivity contribution is 5.89. The number of carboxylic acids is 1.